The van der Waals surface area contributed by atoms with Crippen LogP contribution in [0.15, 0.2) is 30.5 Å². The number of nitrogens with one attached hydrogen (secondary N) is 1. The van der Waals surface area contributed by atoms with Gasteiger partial charge in [-0.05, 0) is 12.1 Å². The first-order chi connectivity index (χ1) is 8.66. The molecule has 3 rings (SSSR count). The third-order valence-electron chi connectivity index (χ3n) is 3.22. The fourth-order valence-corrected chi connectivity index (χ4v) is 2.35. The molecule has 0 unspecified atom stereocenters. The van der Waals surface area contributed by atoms with E-state index in [9.17, 15) is 9.59 Å². The third-order valence-corrected chi connectivity index (χ3v) is 3.22. The Bertz CT molecular complexity index is 645. The summed E-state index contributed by atoms with van der Waals surface area (Å²) in [5, 5.41) is 3.43. The van der Waals surface area contributed by atoms with Gasteiger partial charge in [-0.2, -0.15) is 0 Å². The van der Waals surface area contributed by atoms with Crippen LogP contribution in [0.4, 0.5) is 10.5 Å². The molecule has 92 valence electrons. The van der Waals surface area contributed by atoms with Gasteiger partial charge in [-0.1, -0.05) is 12.1 Å². The number of imide groups is 1. The molecular formula is C13H13N3O2. The van der Waals surface area contributed by atoms with Gasteiger partial charge >= 0.3 is 6.03 Å². The van der Waals surface area contributed by atoms with Crippen LogP contribution in [0.3, 0.4) is 0 Å². The minimum absolute atomic E-state index is 0.213. The van der Waals surface area contributed by atoms with E-state index in [2.05, 4.69) is 5.32 Å². The van der Waals surface area contributed by atoms with E-state index in [0.29, 0.717) is 13.0 Å². The van der Waals surface area contributed by atoms with Gasteiger partial charge in [-0.15, -0.1) is 0 Å². The van der Waals surface area contributed by atoms with Crippen LogP contribution in [0.1, 0.15) is 6.42 Å². The summed E-state index contributed by atoms with van der Waals surface area (Å²) in [7, 11) is 1.94. The predicted octanol–water partition coefficient (Wildman–Crippen LogP) is 1.62. The summed E-state index contributed by atoms with van der Waals surface area (Å²) in [4.78, 5) is 24.6. The predicted molar refractivity (Wildman–Crippen MR) is 68.4 cm³/mol. The van der Waals surface area contributed by atoms with E-state index in [-0.39, 0.29) is 11.9 Å². The van der Waals surface area contributed by atoms with Crippen molar-refractivity contribution in [1.82, 2.24) is 9.88 Å². The van der Waals surface area contributed by atoms with Gasteiger partial charge in [0, 0.05) is 31.6 Å². The number of benzene rings is 1. The number of nitrogens with zero attached hydrogens (tertiary/aromatic N) is 2. The molecule has 3 amide bonds. The van der Waals surface area contributed by atoms with Gasteiger partial charge in [-0.3, -0.25) is 15.0 Å². The Morgan fingerprint density at radius 3 is 2.83 bits per heavy atom. The van der Waals surface area contributed by atoms with Crippen LogP contribution >= 0.6 is 0 Å². The Morgan fingerprint density at radius 2 is 2.06 bits per heavy atom. The molecule has 1 aliphatic heterocycles. The summed E-state index contributed by atoms with van der Waals surface area (Å²) >= 11 is 0. The third kappa shape index (κ3) is 1.55. The van der Waals surface area contributed by atoms with Crippen LogP contribution in [0.5, 0.6) is 0 Å². The van der Waals surface area contributed by atoms with Gasteiger partial charge in [0.1, 0.15) is 0 Å². The van der Waals surface area contributed by atoms with E-state index in [1.54, 1.807) is 4.90 Å². The minimum Gasteiger partial charge on any atom is -0.349 e. The first kappa shape index (κ1) is 10.8. The molecule has 0 bridgehead atoms. The zero-order valence-electron chi connectivity index (χ0n) is 10.0. The van der Waals surface area contributed by atoms with Crippen LogP contribution in [0, 0.1) is 0 Å². The van der Waals surface area contributed by atoms with Crippen molar-refractivity contribution < 1.29 is 9.59 Å². The van der Waals surface area contributed by atoms with Crippen LogP contribution in [0.2, 0.25) is 0 Å². The maximum absolute atomic E-state index is 11.9. The van der Waals surface area contributed by atoms with E-state index in [1.165, 1.54) is 0 Å². The molecule has 5 heteroatoms. The summed E-state index contributed by atoms with van der Waals surface area (Å²) < 4.78 is 1.98. The molecule has 1 saturated heterocycles. The lowest BCUT2D eigenvalue weighted by molar-refractivity contribution is -0.120. The van der Waals surface area contributed by atoms with Crippen LogP contribution in [-0.4, -0.2) is 23.1 Å². The zero-order chi connectivity index (χ0) is 12.7. The largest absolute Gasteiger partial charge is 0.349 e. The number of rotatable bonds is 1. The van der Waals surface area contributed by atoms with Crippen molar-refractivity contribution in [3.05, 3.63) is 30.5 Å². The normalized spacial score (nSPS) is 16.2. The molecule has 0 aliphatic carbocycles. The lowest BCUT2D eigenvalue weighted by Gasteiger charge is -2.27. The number of carbonyl (C=O) groups is 2. The Labute approximate surface area is 104 Å². The van der Waals surface area contributed by atoms with Gasteiger partial charge in [0.2, 0.25) is 5.91 Å². The van der Waals surface area contributed by atoms with Gasteiger partial charge in [0.15, 0.2) is 0 Å². The second-order valence-corrected chi connectivity index (χ2v) is 4.40. The maximum atomic E-state index is 11.9. The Hall–Kier alpha value is -2.30. The molecule has 0 atom stereocenters. The summed E-state index contributed by atoms with van der Waals surface area (Å²) in [5.41, 5.74) is 1.84. The SMILES string of the molecule is Cn1ccc2cccc(N3CCC(=O)NC3=O)c21. The van der Waals surface area contributed by atoms with E-state index >= 15 is 0 Å². The van der Waals surface area contributed by atoms with Gasteiger partial charge in [0.25, 0.3) is 0 Å². The Morgan fingerprint density at radius 1 is 1.22 bits per heavy atom. The summed E-state index contributed by atoms with van der Waals surface area (Å²) in [6, 6.07) is 7.48. The average Bonchev–Trinajstić information content (AvgIpc) is 2.72. The number of hydrogen-bond acceptors (Lipinski definition) is 2. The fraction of sp³-hybridized carbons (Fsp3) is 0.231. The van der Waals surface area contributed by atoms with Crippen molar-refractivity contribution in [2.75, 3.05) is 11.4 Å². The topological polar surface area (TPSA) is 54.3 Å². The highest BCUT2D eigenvalue weighted by atomic mass is 16.2. The fourth-order valence-electron chi connectivity index (χ4n) is 2.35. The quantitative estimate of drug-likeness (QED) is 0.827. The number of amides is 3. The molecule has 1 N–H and O–H groups in total. The number of hydrogen-bond donors (Lipinski definition) is 1. The molecule has 1 aliphatic rings. The highest BCUT2D eigenvalue weighted by Gasteiger charge is 2.25. The molecule has 1 fully saturated rings. The Kier molecular flexibility index (Phi) is 2.33. The van der Waals surface area contributed by atoms with Crippen LogP contribution in [0.25, 0.3) is 10.9 Å². The number of anilines is 1. The van der Waals surface area contributed by atoms with Crippen molar-refractivity contribution in [3.63, 3.8) is 0 Å². The monoisotopic (exact) mass is 243 g/mol. The number of para-hydroxylation sites is 1. The standard InChI is InChI=1S/C13H13N3O2/c1-15-7-5-9-3-2-4-10(12(9)15)16-8-6-11(17)14-13(16)18/h2-5,7H,6,8H2,1H3,(H,14,17,18). The van der Waals surface area contributed by atoms with Crippen LogP contribution in [-0.2, 0) is 11.8 Å². The van der Waals surface area contributed by atoms with Crippen molar-refractivity contribution in [2.45, 2.75) is 6.42 Å². The summed E-state index contributed by atoms with van der Waals surface area (Å²) in [5.74, 6) is -0.213. The van der Waals surface area contributed by atoms with E-state index in [0.717, 1.165) is 16.6 Å². The van der Waals surface area contributed by atoms with Crippen molar-refractivity contribution >= 4 is 28.5 Å². The number of aromatic nitrogens is 1. The van der Waals surface area contributed by atoms with Gasteiger partial charge < -0.3 is 4.57 Å². The average molecular weight is 243 g/mol. The molecule has 5 nitrogen and oxygen atoms in total. The Balaban J connectivity index is 2.11. The van der Waals surface area contributed by atoms with Gasteiger partial charge in [-0.25, -0.2) is 4.79 Å². The van der Waals surface area contributed by atoms with E-state index < -0.39 is 0 Å². The molecule has 0 saturated carbocycles. The highest BCUT2D eigenvalue weighted by Crippen LogP contribution is 2.28. The lowest BCUT2D eigenvalue weighted by atomic mass is 10.2. The lowest BCUT2D eigenvalue weighted by Crippen LogP contribution is -2.49. The molecule has 1 aromatic heterocycles. The molecular weight excluding hydrogens is 230 g/mol. The number of carbonyl (C=O) groups excluding carboxylic acids is 2. The second kappa shape index (κ2) is 3.87. The zero-order valence-corrected chi connectivity index (χ0v) is 10.0. The highest BCUT2D eigenvalue weighted by molar-refractivity contribution is 6.09. The number of fused-ring (bicyclic) bond motifs is 1. The van der Waals surface area contributed by atoms with Crippen molar-refractivity contribution in [1.29, 1.82) is 0 Å². The number of urea groups is 1. The van der Waals surface area contributed by atoms with E-state index in [4.69, 9.17) is 0 Å². The first-order valence-corrected chi connectivity index (χ1v) is 5.82. The summed E-state index contributed by atoms with van der Waals surface area (Å²) in [6.45, 7) is 0.426. The molecule has 2 aromatic rings. The smallest absolute Gasteiger partial charge is 0.328 e. The maximum Gasteiger partial charge on any atom is 0.328 e. The molecule has 2 heterocycles. The van der Waals surface area contributed by atoms with Crippen LogP contribution < -0.4 is 10.2 Å². The first-order valence-electron chi connectivity index (χ1n) is 5.82. The van der Waals surface area contributed by atoms with E-state index in [1.807, 2.05) is 42.1 Å². The minimum atomic E-state index is -0.347. The van der Waals surface area contributed by atoms with Crippen molar-refractivity contribution in [2.24, 2.45) is 7.05 Å². The molecule has 18 heavy (non-hydrogen) atoms. The second-order valence-electron chi connectivity index (χ2n) is 4.40. The molecule has 1 aromatic carbocycles. The summed E-state index contributed by atoms with van der Waals surface area (Å²) in [6.07, 6.45) is 2.30. The van der Waals surface area contributed by atoms with Gasteiger partial charge in [0.05, 0.1) is 11.2 Å². The number of aryl methyl sites for hydroxylation is 1. The van der Waals surface area contributed by atoms with Crippen molar-refractivity contribution in [3.8, 4) is 0 Å². The molecule has 0 spiro atoms. The molecule has 0 radical (unpaired) electrons.